The molecule has 4 rings (SSSR count). The molecule has 0 saturated carbocycles. The van der Waals surface area contributed by atoms with Gasteiger partial charge in [0.05, 0.1) is 11.6 Å². The molecule has 0 unspecified atom stereocenters. The van der Waals surface area contributed by atoms with Gasteiger partial charge in [0, 0.05) is 25.2 Å². The van der Waals surface area contributed by atoms with Crippen LogP contribution in [0.3, 0.4) is 0 Å². The molecular formula is C22H23FN2O3. The molecule has 2 aliphatic rings. The minimum atomic E-state index is -0.484. The Hall–Kier alpha value is -2.73. The van der Waals surface area contributed by atoms with Crippen LogP contribution in [0, 0.1) is 5.82 Å². The number of hydrogen-bond donors (Lipinski definition) is 0. The van der Waals surface area contributed by atoms with Gasteiger partial charge < -0.3 is 14.5 Å². The number of hydrogen-bond acceptors (Lipinski definition) is 3. The zero-order valence-corrected chi connectivity index (χ0v) is 15.8. The summed E-state index contributed by atoms with van der Waals surface area (Å²) in [6.07, 6.45) is 0.642. The fourth-order valence-corrected chi connectivity index (χ4v) is 4.03. The highest BCUT2D eigenvalue weighted by Gasteiger charge is 2.49. The molecule has 0 spiro atoms. The van der Waals surface area contributed by atoms with E-state index in [-0.39, 0.29) is 30.3 Å². The molecule has 2 heterocycles. The maximum absolute atomic E-state index is 13.2. The van der Waals surface area contributed by atoms with E-state index >= 15 is 0 Å². The number of halogens is 1. The van der Waals surface area contributed by atoms with Crippen LogP contribution in [0.2, 0.25) is 0 Å². The summed E-state index contributed by atoms with van der Waals surface area (Å²) in [5.41, 5.74) is 1.01. The maximum Gasteiger partial charge on any atom is 0.253 e. The van der Waals surface area contributed by atoms with Gasteiger partial charge in [0.2, 0.25) is 5.91 Å². The van der Waals surface area contributed by atoms with Crippen molar-refractivity contribution in [1.29, 1.82) is 0 Å². The Balaban J connectivity index is 1.57. The Morgan fingerprint density at radius 1 is 1.18 bits per heavy atom. The summed E-state index contributed by atoms with van der Waals surface area (Å²) in [4.78, 5) is 29.1. The van der Waals surface area contributed by atoms with Crippen LogP contribution in [-0.4, -0.2) is 53.0 Å². The van der Waals surface area contributed by atoms with E-state index in [0.717, 1.165) is 5.56 Å². The number of rotatable bonds is 3. The van der Waals surface area contributed by atoms with Crippen LogP contribution in [-0.2, 0) is 16.1 Å². The SMILES string of the molecule is C[C@@]12CCN(C(=O)c3ccc(F)cc3)C[C@H]1N(Cc1ccccc1)C(=O)CO2. The normalized spacial score (nSPS) is 24.8. The van der Waals surface area contributed by atoms with Crippen molar-refractivity contribution in [3.63, 3.8) is 0 Å². The molecule has 6 heteroatoms. The largest absolute Gasteiger partial charge is 0.363 e. The summed E-state index contributed by atoms with van der Waals surface area (Å²) >= 11 is 0. The van der Waals surface area contributed by atoms with Gasteiger partial charge in [-0.25, -0.2) is 4.39 Å². The van der Waals surface area contributed by atoms with Crippen LogP contribution in [0.5, 0.6) is 0 Å². The molecule has 2 aliphatic heterocycles. The monoisotopic (exact) mass is 382 g/mol. The van der Waals surface area contributed by atoms with Crippen molar-refractivity contribution in [2.45, 2.75) is 31.5 Å². The Bertz CT molecular complexity index is 871. The van der Waals surface area contributed by atoms with Crippen LogP contribution in [0.4, 0.5) is 4.39 Å². The van der Waals surface area contributed by atoms with E-state index in [1.807, 2.05) is 42.2 Å². The fraction of sp³-hybridized carbons (Fsp3) is 0.364. The Morgan fingerprint density at radius 3 is 2.61 bits per heavy atom. The van der Waals surface area contributed by atoms with Gasteiger partial charge in [0.15, 0.2) is 0 Å². The van der Waals surface area contributed by atoms with E-state index in [9.17, 15) is 14.0 Å². The van der Waals surface area contributed by atoms with Crippen molar-refractivity contribution >= 4 is 11.8 Å². The highest BCUT2D eigenvalue weighted by Crippen LogP contribution is 2.34. The van der Waals surface area contributed by atoms with Gasteiger partial charge in [-0.3, -0.25) is 9.59 Å². The summed E-state index contributed by atoms with van der Waals surface area (Å²) in [7, 11) is 0. The summed E-state index contributed by atoms with van der Waals surface area (Å²) in [6.45, 7) is 3.50. The summed E-state index contributed by atoms with van der Waals surface area (Å²) in [5, 5.41) is 0. The van der Waals surface area contributed by atoms with Crippen molar-refractivity contribution < 1.29 is 18.7 Å². The van der Waals surface area contributed by atoms with E-state index in [1.165, 1.54) is 24.3 Å². The first-order valence-electron chi connectivity index (χ1n) is 9.48. The third-order valence-corrected chi connectivity index (χ3v) is 5.77. The predicted molar refractivity (Wildman–Crippen MR) is 102 cm³/mol. The van der Waals surface area contributed by atoms with E-state index in [4.69, 9.17) is 4.74 Å². The average molecular weight is 382 g/mol. The molecule has 0 radical (unpaired) electrons. The van der Waals surface area contributed by atoms with E-state index in [1.54, 1.807) is 4.90 Å². The third-order valence-electron chi connectivity index (χ3n) is 5.77. The Kier molecular flexibility index (Phi) is 4.89. The fourth-order valence-electron chi connectivity index (χ4n) is 4.03. The molecule has 2 saturated heterocycles. The van der Waals surface area contributed by atoms with Crippen molar-refractivity contribution in [1.82, 2.24) is 9.80 Å². The molecule has 0 bridgehead atoms. The highest BCUT2D eigenvalue weighted by molar-refractivity contribution is 5.94. The number of benzene rings is 2. The van der Waals surface area contributed by atoms with Crippen LogP contribution in [0.25, 0.3) is 0 Å². The lowest BCUT2D eigenvalue weighted by Crippen LogP contribution is -2.67. The van der Waals surface area contributed by atoms with Crippen molar-refractivity contribution in [3.8, 4) is 0 Å². The molecule has 2 fully saturated rings. The number of carbonyl (C=O) groups excluding carboxylic acids is 2. The molecule has 146 valence electrons. The Morgan fingerprint density at radius 2 is 1.89 bits per heavy atom. The van der Waals surface area contributed by atoms with Gasteiger partial charge in [-0.15, -0.1) is 0 Å². The molecule has 28 heavy (non-hydrogen) atoms. The summed E-state index contributed by atoms with van der Waals surface area (Å²) < 4.78 is 19.1. The average Bonchev–Trinajstić information content (AvgIpc) is 2.71. The van der Waals surface area contributed by atoms with Gasteiger partial charge in [-0.05, 0) is 43.2 Å². The second-order valence-corrected chi connectivity index (χ2v) is 7.63. The number of piperidine rings is 1. The standard InChI is InChI=1S/C22H23FN2O3/c1-22-11-12-24(21(27)17-7-9-18(23)10-8-17)14-19(22)25(20(26)15-28-22)13-16-5-3-2-4-6-16/h2-10,19H,11-15H2,1H3/t19-,22-/m1/s1. The number of fused-ring (bicyclic) bond motifs is 1. The molecule has 2 amide bonds. The lowest BCUT2D eigenvalue weighted by molar-refractivity contribution is -0.186. The summed E-state index contributed by atoms with van der Waals surface area (Å²) in [5.74, 6) is -0.592. The second kappa shape index (κ2) is 7.36. The first-order chi connectivity index (χ1) is 13.5. The van der Waals surface area contributed by atoms with Crippen LogP contribution >= 0.6 is 0 Å². The smallest absolute Gasteiger partial charge is 0.253 e. The van der Waals surface area contributed by atoms with E-state index in [0.29, 0.717) is 31.6 Å². The third kappa shape index (κ3) is 3.52. The van der Waals surface area contributed by atoms with Gasteiger partial charge >= 0.3 is 0 Å². The maximum atomic E-state index is 13.2. The van der Waals surface area contributed by atoms with E-state index in [2.05, 4.69) is 0 Å². The Labute approximate surface area is 163 Å². The lowest BCUT2D eigenvalue weighted by atomic mass is 9.85. The summed E-state index contributed by atoms with van der Waals surface area (Å²) in [6, 6.07) is 15.2. The number of likely N-dealkylation sites (tertiary alicyclic amines) is 1. The van der Waals surface area contributed by atoms with Crippen molar-refractivity contribution in [3.05, 3.63) is 71.5 Å². The van der Waals surface area contributed by atoms with Crippen LogP contribution in [0.15, 0.2) is 54.6 Å². The molecule has 2 aromatic carbocycles. The number of nitrogens with zero attached hydrogens (tertiary/aromatic N) is 2. The minimum Gasteiger partial charge on any atom is -0.363 e. The molecule has 5 nitrogen and oxygen atoms in total. The number of amides is 2. The van der Waals surface area contributed by atoms with Gasteiger partial charge in [0.25, 0.3) is 5.91 Å². The quantitative estimate of drug-likeness (QED) is 0.820. The first kappa shape index (κ1) is 18.6. The van der Waals surface area contributed by atoms with Crippen LogP contribution in [0.1, 0.15) is 29.3 Å². The van der Waals surface area contributed by atoms with E-state index < -0.39 is 5.60 Å². The molecule has 0 aromatic heterocycles. The predicted octanol–water partition coefficient (Wildman–Crippen LogP) is 2.86. The van der Waals surface area contributed by atoms with Crippen molar-refractivity contribution in [2.75, 3.05) is 19.7 Å². The first-order valence-corrected chi connectivity index (χ1v) is 9.48. The van der Waals surface area contributed by atoms with Gasteiger partial charge in [0.1, 0.15) is 12.4 Å². The zero-order valence-electron chi connectivity index (χ0n) is 15.8. The number of carbonyl (C=O) groups is 2. The molecular weight excluding hydrogens is 359 g/mol. The number of ether oxygens (including phenoxy) is 1. The lowest BCUT2D eigenvalue weighted by Gasteiger charge is -2.52. The molecule has 2 atom stereocenters. The van der Waals surface area contributed by atoms with Gasteiger partial charge in [-0.2, -0.15) is 0 Å². The zero-order chi connectivity index (χ0) is 19.7. The highest BCUT2D eigenvalue weighted by atomic mass is 19.1. The van der Waals surface area contributed by atoms with Gasteiger partial charge in [-0.1, -0.05) is 30.3 Å². The second-order valence-electron chi connectivity index (χ2n) is 7.63. The molecule has 0 aliphatic carbocycles. The number of morpholine rings is 1. The van der Waals surface area contributed by atoms with Crippen molar-refractivity contribution in [2.24, 2.45) is 0 Å². The topological polar surface area (TPSA) is 49.9 Å². The molecule has 0 N–H and O–H groups in total. The minimum absolute atomic E-state index is 0.0613. The van der Waals surface area contributed by atoms with Crippen LogP contribution < -0.4 is 0 Å². The molecule has 2 aromatic rings.